The second-order valence-corrected chi connectivity index (χ2v) is 9.17. The van der Waals surface area contributed by atoms with Crippen molar-refractivity contribution in [1.29, 1.82) is 0 Å². The molecule has 3 amide bonds. The fourth-order valence-corrected chi connectivity index (χ4v) is 4.49. The topological polar surface area (TPSA) is 69.7 Å². The molecule has 6 heteroatoms. The van der Waals surface area contributed by atoms with Crippen molar-refractivity contribution in [1.82, 2.24) is 15.1 Å². The number of rotatable bonds is 6. The van der Waals surface area contributed by atoms with Crippen LogP contribution in [0.25, 0.3) is 0 Å². The van der Waals surface area contributed by atoms with Crippen LogP contribution in [0.1, 0.15) is 61.9 Å². The number of carbonyl (C=O) groups excluding carboxylic acids is 3. The SMILES string of the molecule is Cc1cccc(C(=O)NC(C(=O)N2CCCC2)C2CCN(C(=O)CC(C)C)CC2)c1. The number of hydrogen-bond donors (Lipinski definition) is 1. The molecular weight excluding hydrogens is 378 g/mol. The average molecular weight is 414 g/mol. The Labute approximate surface area is 180 Å². The standard InChI is InChI=1S/C24H35N3O3/c1-17(2)15-21(28)26-13-9-19(10-14-26)22(24(30)27-11-4-5-12-27)25-23(29)20-8-6-7-18(3)16-20/h6-8,16-17,19,22H,4-5,9-15H2,1-3H3,(H,25,29). The maximum atomic E-state index is 13.3. The van der Waals surface area contributed by atoms with Crippen LogP contribution < -0.4 is 5.32 Å². The molecule has 2 aliphatic heterocycles. The Balaban J connectivity index is 1.69. The molecule has 0 radical (unpaired) electrons. The molecule has 2 saturated heterocycles. The van der Waals surface area contributed by atoms with Gasteiger partial charge in [0.15, 0.2) is 0 Å². The second-order valence-electron chi connectivity index (χ2n) is 9.17. The molecule has 164 valence electrons. The normalized spacial score (nSPS) is 18.5. The number of aryl methyl sites for hydroxylation is 1. The first-order valence-electron chi connectivity index (χ1n) is 11.3. The van der Waals surface area contributed by atoms with Gasteiger partial charge in [0.05, 0.1) is 0 Å². The molecule has 30 heavy (non-hydrogen) atoms. The van der Waals surface area contributed by atoms with Gasteiger partial charge in [-0.05, 0) is 56.6 Å². The van der Waals surface area contributed by atoms with Gasteiger partial charge in [0.1, 0.15) is 6.04 Å². The van der Waals surface area contributed by atoms with Crippen molar-refractivity contribution in [2.45, 2.75) is 58.9 Å². The Morgan fingerprint density at radius 2 is 1.70 bits per heavy atom. The Bertz CT molecular complexity index is 763. The lowest BCUT2D eigenvalue weighted by Crippen LogP contribution is -2.54. The summed E-state index contributed by atoms with van der Waals surface area (Å²) in [5.41, 5.74) is 1.60. The molecule has 1 unspecified atom stereocenters. The third kappa shape index (κ3) is 5.61. The number of hydrogen-bond acceptors (Lipinski definition) is 3. The van der Waals surface area contributed by atoms with Crippen LogP contribution in [0.3, 0.4) is 0 Å². The van der Waals surface area contributed by atoms with Crippen LogP contribution in [0.15, 0.2) is 24.3 Å². The zero-order valence-electron chi connectivity index (χ0n) is 18.5. The number of benzene rings is 1. The number of amides is 3. The molecule has 2 aliphatic rings. The van der Waals surface area contributed by atoms with Crippen LogP contribution in [0, 0.1) is 18.8 Å². The molecule has 0 aromatic heterocycles. The van der Waals surface area contributed by atoms with E-state index in [2.05, 4.69) is 19.2 Å². The van der Waals surface area contributed by atoms with Crippen molar-refractivity contribution < 1.29 is 14.4 Å². The largest absolute Gasteiger partial charge is 0.343 e. The highest BCUT2D eigenvalue weighted by molar-refractivity contribution is 5.97. The molecular formula is C24H35N3O3. The lowest BCUT2D eigenvalue weighted by molar-refractivity contribution is -0.135. The van der Waals surface area contributed by atoms with Crippen molar-refractivity contribution in [3.63, 3.8) is 0 Å². The maximum Gasteiger partial charge on any atom is 0.251 e. The van der Waals surface area contributed by atoms with E-state index in [1.807, 2.05) is 34.9 Å². The van der Waals surface area contributed by atoms with Crippen LogP contribution >= 0.6 is 0 Å². The zero-order valence-corrected chi connectivity index (χ0v) is 18.5. The fourth-order valence-electron chi connectivity index (χ4n) is 4.49. The molecule has 0 spiro atoms. The van der Waals surface area contributed by atoms with Crippen LogP contribution in [-0.4, -0.2) is 59.7 Å². The van der Waals surface area contributed by atoms with E-state index < -0.39 is 6.04 Å². The van der Waals surface area contributed by atoms with Gasteiger partial charge >= 0.3 is 0 Å². The minimum Gasteiger partial charge on any atom is -0.343 e. The summed E-state index contributed by atoms with van der Waals surface area (Å²) in [4.78, 5) is 42.4. The molecule has 1 aromatic carbocycles. The lowest BCUT2D eigenvalue weighted by atomic mass is 9.87. The summed E-state index contributed by atoms with van der Waals surface area (Å²) in [5.74, 6) is 0.410. The van der Waals surface area contributed by atoms with Gasteiger partial charge in [0, 0.05) is 38.2 Å². The lowest BCUT2D eigenvalue weighted by Gasteiger charge is -2.37. The minimum absolute atomic E-state index is 0.0282. The summed E-state index contributed by atoms with van der Waals surface area (Å²) in [7, 11) is 0. The number of piperidine rings is 1. The molecule has 2 fully saturated rings. The Morgan fingerprint density at radius 1 is 1.03 bits per heavy atom. The van der Waals surface area contributed by atoms with Gasteiger partial charge in [-0.1, -0.05) is 31.5 Å². The van der Waals surface area contributed by atoms with Crippen molar-refractivity contribution in [2.75, 3.05) is 26.2 Å². The Kier molecular flexibility index (Phi) is 7.51. The van der Waals surface area contributed by atoms with Gasteiger partial charge in [0.2, 0.25) is 11.8 Å². The molecule has 0 saturated carbocycles. The third-order valence-electron chi connectivity index (χ3n) is 6.20. The highest BCUT2D eigenvalue weighted by atomic mass is 16.2. The smallest absolute Gasteiger partial charge is 0.251 e. The third-order valence-corrected chi connectivity index (χ3v) is 6.20. The van der Waals surface area contributed by atoms with E-state index in [1.54, 1.807) is 6.07 Å². The monoisotopic (exact) mass is 413 g/mol. The number of carbonyl (C=O) groups is 3. The second kappa shape index (κ2) is 10.1. The van der Waals surface area contributed by atoms with E-state index in [4.69, 9.17) is 0 Å². The first kappa shape index (κ1) is 22.3. The van der Waals surface area contributed by atoms with Crippen molar-refractivity contribution in [3.05, 3.63) is 35.4 Å². The molecule has 1 N–H and O–H groups in total. The highest BCUT2D eigenvalue weighted by Crippen LogP contribution is 2.25. The van der Waals surface area contributed by atoms with Gasteiger partial charge < -0.3 is 15.1 Å². The van der Waals surface area contributed by atoms with Crippen molar-refractivity contribution >= 4 is 17.7 Å². The van der Waals surface area contributed by atoms with E-state index in [0.29, 0.717) is 31.0 Å². The van der Waals surface area contributed by atoms with Gasteiger partial charge in [0.25, 0.3) is 5.91 Å². The van der Waals surface area contributed by atoms with E-state index >= 15 is 0 Å². The van der Waals surface area contributed by atoms with E-state index in [-0.39, 0.29) is 23.6 Å². The van der Waals surface area contributed by atoms with Gasteiger partial charge in [-0.3, -0.25) is 14.4 Å². The summed E-state index contributed by atoms with van der Waals surface area (Å²) in [6.07, 6.45) is 4.08. The van der Waals surface area contributed by atoms with Crippen molar-refractivity contribution in [3.8, 4) is 0 Å². The predicted octanol–water partition coefficient (Wildman–Crippen LogP) is 3.00. The van der Waals surface area contributed by atoms with Gasteiger partial charge in [-0.25, -0.2) is 0 Å². The van der Waals surface area contributed by atoms with Crippen LogP contribution in [0.4, 0.5) is 0 Å². The number of nitrogens with one attached hydrogen (secondary N) is 1. The summed E-state index contributed by atoms with van der Waals surface area (Å²) in [6, 6.07) is 6.92. The fraction of sp³-hybridized carbons (Fsp3) is 0.625. The molecule has 3 rings (SSSR count). The molecule has 6 nitrogen and oxygen atoms in total. The van der Waals surface area contributed by atoms with E-state index in [0.717, 1.165) is 44.3 Å². The van der Waals surface area contributed by atoms with Crippen LogP contribution in [-0.2, 0) is 9.59 Å². The van der Waals surface area contributed by atoms with Crippen molar-refractivity contribution in [2.24, 2.45) is 11.8 Å². The average Bonchev–Trinajstić information content (AvgIpc) is 3.26. The van der Waals surface area contributed by atoms with Gasteiger partial charge in [-0.2, -0.15) is 0 Å². The zero-order chi connectivity index (χ0) is 21.7. The predicted molar refractivity (Wildman–Crippen MR) is 117 cm³/mol. The van der Waals surface area contributed by atoms with Crippen LogP contribution in [0.5, 0.6) is 0 Å². The molecule has 1 aromatic rings. The first-order valence-corrected chi connectivity index (χ1v) is 11.3. The minimum atomic E-state index is -0.529. The summed E-state index contributed by atoms with van der Waals surface area (Å²) in [6.45, 7) is 8.89. The summed E-state index contributed by atoms with van der Waals surface area (Å²) in [5, 5.41) is 3.05. The quantitative estimate of drug-likeness (QED) is 0.779. The highest BCUT2D eigenvalue weighted by Gasteiger charge is 2.36. The van der Waals surface area contributed by atoms with Gasteiger partial charge in [-0.15, -0.1) is 0 Å². The van der Waals surface area contributed by atoms with E-state index in [9.17, 15) is 14.4 Å². The Hall–Kier alpha value is -2.37. The van der Waals surface area contributed by atoms with E-state index in [1.165, 1.54) is 0 Å². The summed E-state index contributed by atoms with van der Waals surface area (Å²) >= 11 is 0. The first-order chi connectivity index (χ1) is 14.3. The molecule has 0 bridgehead atoms. The Morgan fingerprint density at radius 3 is 2.30 bits per heavy atom. The molecule has 2 heterocycles. The molecule has 1 atom stereocenters. The molecule has 0 aliphatic carbocycles. The van der Waals surface area contributed by atoms with Crippen LogP contribution in [0.2, 0.25) is 0 Å². The number of likely N-dealkylation sites (tertiary alicyclic amines) is 2. The number of nitrogens with zero attached hydrogens (tertiary/aromatic N) is 2. The summed E-state index contributed by atoms with van der Waals surface area (Å²) < 4.78 is 0. The maximum absolute atomic E-state index is 13.3.